The Labute approximate surface area is 92.8 Å². The lowest BCUT2D eigenvalue weighted by molar-refractivity contribution is -0.118. The van der Waals surface area contributed by atoms with E-state index in [-0.39, 0.29) is 11.6 Å². The third kappa shape index (κ3) is 3.91. The summed E-state index contributed by atoms with van der Waals surface area (Å²) >= 11 is 0. The summed E-state index contributed by atoms with van der Waals surface area (Å²) in [5.41, 5.74) is 0.800. The molecule has 0 atom stereocenters. The van der Waals surface area contributed by atoms with Gasteiger partial charge in [0.05, 0.1) is 0 Å². The third-order valence-corrected chi connectivity index (χ3v) is 1.78. The Morgan fingerprint density at radius 1 is 1.50 bits per heavy atom. The van der Waals surface area contributed by atoms with Gasteiger partial charge < -0.3 is 10.4 Å². The van der Waals surface area contributed by atoms with Gasteiger partial charge in [0.2, 0.25) is 5.91 Å². The molecule has 0 radical (unpaired) electrons. The molecule has 0 bridgehead atoms. The number of carboxylic acids is 1. The van der Waals surface area contributed by atoms with E-state index in [1.807, 2.05) is 0 Å². The van der Waals surface area contributed by atoms with Crippen molar-refractivity contribution >= 4 is 18.0 Å². The maximum atomic E-state index is 10.6. The average molecular weight is 220 g/mol. The average Bonchev–Trinajstić information content (AvgIpc) is 2.25. The van der Waals surface area contributed by atoms with Crippen molar-refractivity contribution in [2.24, 2.45) is 0 Å². The first-order valence-corrected chi connectivity index (χ1v) is 4.70. The number of aromatic carboxylic acids is 1. The standard InChI is InChI=1S/C11H12N2O3/c1-8(14)12-6-2-3-9-4-5-10(11(15)16)13-7-9/h2-5,7H,6H2,1H3,(H,12,14)(H,15,16). The van der Waals surface area contributed by atoms with Crippen LogP contribution < -0.4 is 5.32 Å². The molecular formula is C11H12N2O3. The predicted molar refractivity (Wildman–Crippen MR) is 58.9 cm³/mol. The van der Waals surface area contributed by atoms with Crippen molar-refractivity contribution < 1.29 is 14.7 Å². The Morgan fingerprint density at radius 3 is 2.75 bits per heavy atom. The van der Waals surface area contributed by atoms with E-state index in [9.17, 15) is 9.59 Å². The van der Waals surface area contributed by atoms with E-state index >= 15 is 0 Å². The molecule has 0 aromatic carbocycles. The fourth-order valence-corrected chi connectivity index (χ4v) is 1.03. The van der Waals surface area contributed by atoms with E-state index in [0.717, 1.165) is 5.56 Å². The molecule has 5 heteroatoms. The monoisotopic (exact) mass is 220 g/mol. The molecule has 0 aliphatic heterocycles. The van der Waals surface area contributed by atoms with Crippen LogP contribution in [0.4, 0.5) is 0 Å². The predicted octanol–water partition coefficient (Wildman–Crippen LogP) is 0.929. The molecule has 1 rings (SSSR count). The minimum Gasteiger partial charge on any atom is -0.477 e. The summed E-state index contributed by atoms with van der Waals surface area (Å²) in [5, 5.41) is 11.2. The van der Waals surface area contributed by atoms with Crippen LogP contribution in [-0.2, 0) is 4.79 Å². The second-order valence-electron chi connectivity index (χ2n) is 3.12. The first kappa shape index (κ1) is 11.9. The van der Waals surface area contributed by atoms with Crippen LogP contribution in [0.15, 0.2) is 24.4 Å². The number of nitrogens with zero attached hydrogens (tertiary/aromatic N) is 1. The van der Waals surface area contributed by atoms with Gasteiger partial charge in [-0.3, -0.25) is 4.79 Å². The number of pyridine rings is 1. The summed E-state index contributed by atoms with van der Waals surface area (Å²) in [6, 6.07) is 3.08. The summed E-state index contributed by atoms with van der Waals surface area (Å²) in [6.07, 6.45) is 4.99. The Bertz CT molecular complexity index is 410. The highest BCUT2D eigenvalue weighted by Gasteiger charge is 2.01. The number of hydrogen-bond acceptors (Lipinski definition) is 3. The number of rotatable bonds is 4. The van der Waals surface area contributed by atoms with Crippen molar-refractivity contribution in [1.29, 1.82) is 0 Å². The SMILES string of the molecule is CC(=O)NCC=Cc1ccc(C(=O)O)nc1. The zero-order valence-electron chi connectivity index (χ0n) is 8.80. The highest BCUT2D eigenvalue weighted by molar-refractivity contribution is 5.85. The van der Waals surface area contributed by atoms with Crippen LogP contribution in [0, 0.1) is 0 Å². The third-order valence-electron chi connectivity index (χ3n) is 1.78. The Balaban J connectivity index is 2.55. The lowest BCUT2D eigenvalue weighted by Crippen LogP contribution is -2.19. The van der Waals surface area contributed by atoms with E-state index in [2.05, 4.69) is 10.3 Å². The van der Waals surface area contributed by atoms with Crippen LogP contribution in [0.5, 0.6) is 0 Å². The number of hydrogen-bond donors (Lipinski definition) is 2. The van der Waals surface area contributed by atoms with E-state index in [4.69, 9.17) is 5.11 Å². The minimum atomic E-state index is -1.05. The van der Waals surface area contributed by atoms with Crippen LogP contribution in [-0.4, -0.2) is 28.5 Å². The topological polar surface area (TPSA) is 79.3 Å². The van der Waals surface area contributed by atoms with Gasteiger partial charge in [0.15, 0.2) is 0 Å². The van der Waals surface area contributed by atoms with Crippen molar-refractivity contribution in [3.8, 4) is 0 Å². The van der Waals surface area contributed by atoms with E-state index < -0.39 is 5.97 Å². The maximum absolute atomic E-state index is 10.6. The second kappa shape index (κ2) is 5.65. The number of nitrogens with one attached hydrogen (secondary N) is 1. The molecule has 0 spiro atoms. The zero-order chi connectivity index (χ0) is 12.0. The van der Waals surface area contributed by atoms with Crippen LogP contribution in [0.1, 0.15) is 23.0 Å². The first-order chi connectivity index (χ1) is 7.59. The molecule has 1 aromatic rings. The quantitative estimate of drug-likeness (QED) is 0.791. The van der Waals surface area contributed by atoms with Crippen molar-refractivity contribution in [3.05, 3.63) is 35.7 Å². The molecule has 0 fully saturated rings. The van der Waals surface area contributed by atoms with Crippen molar-refractivity contribution in [1.82, 2.24) is 10.3 Å². The van der Waals surface area contributed by atoms with Gasteiger partial charge in [-0.15, -0.1) is 0 Å². The van der Waals surface area contributed by atoms with Crippen molar-refractivity contribution in [2.75, 3.05) is 6.54 Å². The van der Waals surface area contributed by atoms with E-state index in [0.29, 0.717) is 6.54 Å². The van der Waals surface area contributed by atoms with Gasteiger partial charge in [0.1, 0.15) is 5.69 Å². The normalized spacial score (nSPS) is 10.3. The lowest BCUT2D eigenvalue weighted by Gasteiger charge is -1.96. The summed E-state index contributed by atoms with van der Waals surface area (Å²) < 4.78 is 0. The summed E-state index contributed by atoms with van der Waals surface area (Å²) in [5.74, 6) is -1.14. The molecule has 2 N–H and O–H groups in total. The summed E-state index contributed by atoms with van der Waals surface area (Å²) in [6.45, 7) is 1.88. The molecule has 16 heavy (non-hydrogen) atoms. The highest BCUT2D eigenvalue weighted by atomic mass is 16.4. The number of amides is 1. The maximum Gasteiger partial charge on any atom is 0.354 e. The Morgan fingerprint density at radius 2 is 2.25 bits per heavy atom. The van der Waals surface area contributed by atoms with Gasteiger partial charge in [-0.1, -0.05) is 18.2 Å². The number of carbonyl (C=O) groups excluding carboxylic acids is 1. The molecule has 1 heterocycles. The fraction of sp³-hybridized carbons (Fsp3) is 0.182. The Kier molecular flexibility index (Phi) is 4.20. The number of carboxylic acid groups (broad SMARTS) is 1. The van der Waals surface area contributed by atoms with Crippen molar-refractivity contribution in [3.63, 3.8) is 0 Å². The molecule has 5 nitrogen and oxygen atoms in total. The molecule has 0 unspecified atom stereocenters. The Hall–Kier alpha value is -2.17. The van der Waals surface area contributed by atoms with Crippen molar-refractivity contribution in [2.45, 2.75) is 6.92 Å². The molecule has 84 valence electrons. The van der Waals surface area contributed by atoms with Crippen LogP contribution in [0.2, 0.25) is 0 Å². The van der Waals surface area contributed by atoms with Gasteiger partial charge in [0, 0.05) is 19.7 Å². The molecule has 0 aliphatic rings. The molecule has 0 aliphatic carbocycles. The fourth-order valence-electron chi connectivity index (χ4n) is 1.03. The van der Waals surface area contributed by atoms with E-state index in [1.165, 1.54) is 19.2 Å². The second-order valence-corrected chi connectivity index (χ2v) is 3.12. The smallest absolute Gasteiger partial charge is 0.354 e. The minimum absolute atomic E-state index is 0.0130. The molecular weight excluding hydrogens is 208 g/mol. The summed E-state index contributed by atoms with van der Waals surface area (Å²) in [4.78, 5) is 24.8. The molecule has 1 aromatic heterocycles. The van der Waals surface area contributed by atoms with Gasteiger partial charge in [0.25, 0.3) is 0 Å². The van der Waals surface area contributed by atoms with Crippen LogP contribution in [0.3, 0.4) is 0 Å². The van der Waals surface area contributed by atoms with Gasteiger partial charge in [-0.05, 0) is 11.6 Å². The molecule has 0 saturated heterocycles. The number of carbonyl (C=O) groups is 2. The molecule has 1 amide bonds. The number of aromatic nitrogens is 1. The van der Waals surface area contributed by atoms with E-state index in [1.54, 1.807) is 18.2 Å². The largest absolute Gasteiger partial charge is 0.477 e. The van der Waals surface area contributed by atoms with Gasteiger partial charge in [-0.2, -0.15) is 0 Å². The van der Waals surface area contributed by atoms with Crippen LogP contribution in [0.25, 0.3) is 6.08 Å². The van der Waals surface area contributed by atoms with Gasteiger partial charge >= 0.3 is 5.97 Å². The van der Waals surface area contributed by atoms with Crippen LogP contribution >= 0.6 is 0 Å². The lowest BCUT2D eigenvalue weighted by atomic mass is 10.2. The molecule has 0 saturated carbocycles. The summed E-state index contributed by atoms with van der Waals surface area (Å²) in [7, 11) is 0. The highest BCUT2D eigenvalue weighted by Crippen LogP contribution is 2.02. The van der Waals surface area contributed by atoms with Gasteiger partial charge in [-0.25, -0.2) is 9.78 Å². The first-order valence-electron chi connectivity index (χ1n) is 4.70. The zero-order valence-corrected chi connectivity index (χ0v) is 8.80.